The molecule has 1 amide bonds. The van der Waals surface area contributed by atoms with Gasteiger partial charge in [-0.05, 0) is 82.9 Å². The van der Waals surface area contributed by atoms with Crippen molar-refractivity contribution < 1.29 is 9.53 Å². The number of ether oxygens (including phenoxy) is 1. The quantitative estimate of drug-likeness (QED) is 0.109. The lowest BCUT2D eigenvalue weighted by Gasteiger charge is -2.23. The molecule has 2 aromatic carbocycles. The molecule has 0 bridgehead atoms. The minimum Gasteiger partial charge on any atom is -0.444 e. The molecule has 0 aliphatic carbocycles. The maximum atomic E-state index is 12.1. The van der Waals surface area contributed by atoms with E-state index in [1.807, 2.05) is 99.2 Å². The zero-order valence-corrected chi connectivity index (χ0v) is 34.8. The molecule has 0 aliphatic heterocycles. The minimum atomic E-state index is -0.569. The first-order valence-electron chi connectivity index (χ1n) is 17.2. The molecule has 0 unspecified atom stereocenters. The predicted molar refractivity (Wildman–Crippen MR) is 221 cm³/mol. The van der Waals surface area contributed by atoms with Crippen molar-refractivity contribution in [3.05, 3.63) is 94.0 Å². The summed E-state index contributed by atoms with van der Waals surface area (Å²) < 4.78 is 8.70. The van der Waals surface area contributed by atoms with E-state index < -0.39 is 11.7 Å². The first-order chi connectivity index (χ1) is 26.0. The van der Waals surface area contributed by atoms with Gasteiger partial charge in [0.15, 0.2) is 11.6 Å². The van der Waals surface area contributed by atoms with Crippen molar-refractivity contribution in [1.82, 2.24) is 54.8 Å². The summed E-state index contributed by atoms with van der Waals surface area (Å²) >= 11 is 13.2. The molecule has 5 N–H and O–H groups in total. The molecule has 2 atom stereocenters. The Labute approximate surface area is 341 Å². The Balaban J connectivity index is 0.000000252. The monoisotopic (exact) mass is 822 g/mol. The van der Waals surface area contributed by atoms with Gasteiger partial charge in [-0.2, -0.15) is 20.2 Å². The Morgan fingerprint density at radius 3 is 1.62 bits per heavy atom. The van der Waals surface area contributed by atoms with Crippen LogP contribution in [0.5, 0.6) is 0 Å². The van der Waals surface area contributed by atoms with E-state index in [9.17, 15) is 4.79 Å². The van der Waals surface area contributed by atoms with Crippen LogP contribution in [0.15, 0.2) is 61.7 Å². The Morgan fingerprint density at radius 2 is 1.21 bits per heavy atom. The number of benzene rings is 2. The van der Waals surface area contributed by atoms with Crippen LogP contribution in [0.1, 0.15) is 69.0 Å². The molecule has 0 radical (unpaired) electrons. The maximum Gasteiger partial charge on any atom is 0.408 e. The van der Waals surface area contributed by atoms with Crippen LogP contribution in [-0.2, 0) is 18.8 Å². The summed E-state index contributed by atoms with van der Waals surface area (Å²) in [5, 5.41) is 18.3. The van der Waals surface area contributed by atoms with Gasteiger partial charge in [0.2, 0.25) is 11.9 Å². The molecule has 4 aromatic heterocycles. The molecule has 296 valence electrons. The standard InChI is InChI=1S/C21H26ClN7O2.C16H18ClN7.ClH/c1-12-15(13(2)26-20(30)31-21(3,4)5)7-8-16(17(12)22)18-23-11-24-19(28-18)27-14-9-25-29(6)10-14;1-9-12(10(2)18)4-5-13(14(9)17)15-19-8-20-16(23-15)22-11-6-21-24(3)7-11;/h7-11,13H,1-6H3,(H,26,30)(H,23,24,27,28);4-8,10H,18H2,1-3H3,(H,19,20,22,23);1H/t13-;10-;/m11./s1. The third kappa shape index (κ3) is 11.1. The number of aryl methyl sites for hydroxylation is 2. The second kappa shape index (κ2) is 18.5. The van der Waals surface area contributed by atoms with E-state index in [-0.39, 0.29) is 24.5 Å². The van der Waals surface area contributed by atoms with Crippen LogP contribution in [0.4, 0.5) is 28.1 Å². The Hall–Kier alpha value is -5.42. The van der Waals surface area contributed by atoms with Crippen LogP contribution < -0.4 is 21.7 Å². The van der Waals surface area contributed by atoms with Gasteiger partial charge < -0.3 is 26.4 Å². The van der Waals surface area contributed by atoms with E-state index in [2.05, 4.69) is 56.1 Å². The fraction of sp³-hybridized carbons (Fsp3) is 0.324. The number of anilines is 4. The fourth-order valence-electron chi connectivity index (χ4n) is 5.47. The number of hydrogen-bond acceptors (Lipinski definition) is 13. The number of amides is 1. The number of carbonyl (C=O) groups excluding carboxylic acids is 1. The summed E-state index contributed by atoms with van der Waals surface area (Å²) in [6.45, 7) is 13.1. The van der Waals surface area contributed by atoms with E-state index in [0.29, 0.717) is 39.2 Å². The second-order valence-corrected chi connectivity index (χ2v) is 14.5. The van der Waals surface area contributed by atoms with Crippen molar-refractivity contribution in [2.75, 3.05) is 10.6 Å². The van der Waals surface area contributed by atoms with E-state index >= 15 is 0 Å². The topological polar surface area (TPSA) is 201 Å². The molecule has 19 heteroatoms. The molecule has 6 aromatic rings. The molecule has 0 fully saturated rings. The molecule has 0 saturated heterocycles. The van der Waals surface area contributed by atoms with Crippen molar-refractivity contribution >= 4 is 65.0 Å². The van der Waals surface area contributed by atoms with Crippen LogP contribution >= 0.6 is 35.6 Å². The SMILES string of the molecule is Cc1c([C@@H](C)N)ccc(-c2ncnc(Nc3cnn(C)c3)n2)c1Cl.Cc1c([C@@H](C)NC(=O)OC(C)(C)C)ccc(-c2ncnc(Nc3cnn(C)c3)n2)c1Cl.Cl. The van der Waals surface area contributed by atoms with Crippen LogP contribution in [-0.4, -0.2) is 61.2 Å². The van der Waals surface area contributed by atoms with Gasteiger partial charge in [-0.15, -0.1) is 12.4 Å². The van der Waals surface area contributed by atoms with Crippen molar-refractivity contribution in [2.24, 2.45) is 19.8 Å². The largest absolute Gasteiger partial charge is 0.444 e. The summed E-state index contributed by atoms with van der Waals surface area (Å²) in [6, 6.07) is 7.20. The van der Waals surface area contributed by atoms with Crippen molar-refractivity contribution in [1.29, 1.82) is 0 Å². The van der Waals surface area contributed by atoms with E-state index in [1.54, 1.807) is 21.8 Å². The lowest BCUT2D eigenvalue weighted by atomic mass is 9.99. The summed E-state index contributed by atoms with van der Waals surface area (Å²) in [6.07, 6.45) is 9.40. The van der Waals surface area contributed by atoms with E-state index in [1.165, 1.54) is 12.7 Å². The Morgan fingerprint density at radius 1 is 0.768 bits per heavy atom. The zero-order valence-electron chi connectivity index (χ0n) is 32.5. The van der Waals surface area contributed by atoms with Crippen LogP contribution in [0.3, 0.4) is 0 Å². The number of nitrogens with zero attached hydrogens (tertiary/aromatic N) is 10. The summed E-state index contributed by atoms with van der Waals surface area (Å²) in [5.74, 6) is 1.75. The van der Waals surface area contributed by atoms with Crippen LogP contribution in [0.25, 0.3) is 22.8 Å². The highest BCUT2D eigenvalue weighted by molar-refractivity contribution is 6.34. The second-order valence-electron chi connectivity index (χ2n) is 13.8. The number of halogens is 3. The van der Waals surface area contributed by atoms with Gasteiger partial charge in [0.05, 0.1) is 39.9 Å². The number of nitrogens with one attached hydrogen (secondary N) is 3. The minimum absolute atomic E-state index is 0. The van der Waals surface area contributed by atoms with E-state index in [0.717, 1.165) is 39.2 Å². The predicted octanol–water partition coefficient (Wildman–Crippen LogP) is 7.98. The third-order valence-electron chi connectivity index (χ3n) is 8.09. The molecule has 0 aliphatic rings. The number of aromatic nitrogens is 10. The molecular weight excluding hydrogens is 779 g/mol. The average molecular weight is 824 g/mol. The fourth-order valence-corrected chi connectivity index (χ4v) is 5.99. The summed E-state index contributed by atoms with van der Waals surface area (Å²) in [4.78, 5) is 37.8. The van der Waals surface area contributed by atoms with Gasteiger partial charge in [-0.25, -0.2) is 24.7 Å². The first kappa shape index (κ1) is 43.3. The Kier molecular flexibility index (Phi) is 14.3. The molecule has 56 heavy (non-hydrogen) atoms. The summed E-state index contributed by atoms with van der Waals surface area (Å²) in [5.41, 5.74) is 12.0. The zero-order chi connectivity index (χ0) is 40.0. The van der Waals surface area contributed by atoms with Gasteiger partial charge in [-0.1, -0.05) is 35.3 Å². The molecule has 0 saturated carbocycles. The number of nitrogens with two attached hydrogens (primary N) is 1. The number of alkyl carbamates (subject to hydrolysis) is 1. The van der Waals surface area contributed by atoms with Gasteiger partial charge >= 0.3 is 6.09 Å². The molecule has 16 nitrogen and oxygen atoms in total. The van der Waals surface area contributed by atoms with Gasteiger partial charge in [0, 0.05) is 43.7 Å². The average Bonchev–Trinajstić information content (AvgIpc) is 3.72. The number of hydrogen-bond donors (Lipinski definition) is 4. The first-order valence-corrected chi connectivity index (χ1v) is 18.0. The van der Waals surface area contributed by atoms with E-state index in [4.69, 9.17) is 33.7 Å². The van der Waals surface area contributed by atoms with Gasteiger partial charge in [0.25, 0.3) is 0 Å². The highest BCUT2D eigenvalue weighted by atomic mass is 35.5. The number of carbonyl (C=O) groups is 1. The molecule has 0 spiro atoms. The van der Waals surface area contributed by atoms with Gasteiger partial charge in [0.1, 0.15) is 18.3 Å². The Bertz CT molecular complexity index is 2290. The molecule has 4 heterocycles. The van der Waals surface area contributed by atoms with Gasteiger partial charge in [-0.3, -0.25) is 9.36 Å². The third-order valence-corrected chi connectivity index (χ3v) is 9.07. The normalized spacial score (nSPS) is 12.1. The lowest BCUT2D eigenvalue weighted by Crippen LogP contribution is -2.34. The number of rotatable bonds is 9. The lowest BCUT2D eigenvalue weighted by molar-refractivity contribution is 0.0508. The van der Waals surface area contributed by atoms with Crippen molar-refractivity contribution in [3.8, 4) is 22.8 Å². The molecular formula is C37H45Cl3N14O2. The highest BCUT2D eigenvalue weighted by Crippen LogP contribution is 2.34. The van der Waals surface area contributed by atoms with Crippen molar-refractivity contribution in [2.45, 2.75) is 66.2 Å². The van der Waals surface area contributed by atoms with Crippen LogP contribution in [0.2, 0.25) is 10.0 Å². The van der Waals surface area contributed by atoms with Crippen molar-refractivity contribution in [3.63, 3.8) is 0 Å². The highest BCUT2D eigenvalue weighted by Gasteiger charge is 2.21. The maximum absolute atomic E-state index is 12.1. The summed E-state index contributed by atoms with van der Waals surface area (Å²) in [7, 11) is 3.67. The smallest absolute Gasteiger partial charge is 0.408 e. The van der Waals surface area contributed by atoms with Crippen LogP contribution in [0, 0.1) is 13.8 Å². The molecule has 6 rings (SSSR count).